The predicted molar refractivity (Wildman–Crippen MR) is 121 cm³/mol. The van der Waals surface area contributed by atoms with Gasteiger partial charge in [-0.1, -0.05) is 30.3 Å². The smallest absolute Gasteiger partial charge is 0.341 e. The van der Waals surface area contributed by atoms with E-state index in [9.17, 15) is 19.2 Å². The summed E-state index contributed by atoms with van der Waals surface area (Å²) in [5.41, 5.74) is 1.69. The van der Waals surface area contributed by atoms with E-state index in [4.69, 9.17) is 13.9 Å². The fourth-order valence-corrected chi connectivity index (χ4v) is 3.81. The second kappa shape index (κ2) is 11.6. The van der Waals surface area contributed by atoms with Gasteiger partial charge in [-0.3, -0.25) is 14.4 Å². The molecule has 0 unspecified atom stereocenters. The van der Waals surface area contributed by atoms with Gasteiger partial charge in [-0.05, 0) is 24.6 Å². The zero-order valence-electron chi connectivity index (χ0n) is 17.8. The minimum Gasteiger partial charge on any atom is -0.462 e. The first-order valence-electron chi connectivity index (χ1n) is 10.1. The third-order valence-electron chi connectivity index (χ3n) is 4.33. The number of benzene rings is 1. The molecule has 0 radical (unpaired) electrons. The molecule has 9 nitrogen and oxygen atoms in total. The summed E-state index contributed by atoms with van der Waals surface area (Å²) in [6, 6.07) is 12.3. The standard InChI is InChI=1S/C23H22N2O7S/c1-2-30-23(29)20-16(15-7-4-3-5-8-15)14-33-22(20)25-18(26)13-32-19(27)10-11-24-21(28)17-9-6-12-31-17/h3-9,12,14H,2,10-11,13H2,1H3,(H,24,28)(H,25,26). The van der Waals surface area contributed by atoms with Crippen molar-refractivity contribution in [2.75, 3.05) is 25.1 Å². The molecule has 2 aromatic heterocycles. The van der Waals surface area contributed by atoms with E-state index in [-0.39, 0.29) is 30.9 Å². The van der Waals surface area contributed by atoms with Crippen LogP contribution in [0.3, 0.4) is 0 Å². The van der Waals surface area contributed by atoms with Gasteiger partial charge in [-0.15, -0.1) is 11.3 Å². The molecule has 0 bridgehead atoms. The number of amides is 2. The highest BCUT2D eigenvalue weighted by molar-refractivity contribution is 7.15. The summed E-state index contributed by atoms with van der Waals surface area (Å²) < 4.78 is 15.0. The first kappa shape index (κ1) is 23.7. The first-order chi connectivity index (χ1) is 16.0. The molecule has 33 heavy (non-hydrogen) atoms. The number of ether oxygens (including phenoxy) is 2. The van der Waals surface area contributed by atoms with Crippen LogP contribution < -0.4 is 10.6 Å². The SMILES string of the molecule is CCOC(=O)c1c(-c2ccccc2)csc1NC(=O)COC(=O)CCNC(=O)c1ccco1. The maximum atomic E-state index is 12.5. The van der Waals surface area contributed by atoms with Gasteiger partial charge in [0.25, 0.3) is 11.8 Å². The van der Waals surface area contributed by atoms with Gasteiger partial charge in [0.2, 0.25) is 0 Å². The Hall–Kier alpha value is -3.92. The summed E-state index contributed by atoms with van der Waals surface area (Å²) in [7, 11) is 0. The van der Waals surface area contributed by atoms with Gasteiger partial charge in [-0.25, -0.2) is 4.79 Å². The fourth-order valence-electron chi connectivity index (χ4n) is 2.84. The quantitative estimate of drug-likeness (QED) is 0.435. The van der Waals surface area contributed by atoms with E-state index in [1.807, 2.05) is 30.3 Å². The normalized spacial score (nSPS) is 10.3. The van der Waals surface area contributed by atoms with Crippen LogP contribution >= 0.6 is 11.3 Å². The number of carbonyl (C=O) groups is 4. The molecular weight excluding hydrogens is 448 g/mol. The number of hydrogen-bond donors (Lipinski definition) is 2. The molecule has 0 fully saturated rings. The Morgan fingerprint density at radius 2 is 1.82 bits per heavy atom. The summed E-state index contributed by atoms with van der Waals surface area (Å²) in [5, 5.41) is 7.18. The summed E-state index contributed by atoms with van der Waals surface area (Å²) in [4.78, 5) is 48.5. The van der Waals surface area contributed by atoms with Crippen molar-refractivity contribution >= 4 is 40.1 Å². The Labute approximate surface area is 193 Å². The van der Waals surface area contributed by atoms with E-state index in [1.54, 1.807) is 18.4 Å². The van der Waals surface area contributed by atoms with Crippen LogP contribution in [0, 0.1) is 0 Å². The lowest BCUT2D eigenvalue weighted by Crippen LogP contribution is -2.27. The Balaban J connectivity index is 1.54. The topological polar surface area (TPSA) is 124 Å². The Kier molecular flexibility index (Phi) is 8.36. The van der Waals surface area contributed by atoms with Crippen LogP contribution in [0.1, 0.15) is 34.3 Å². The van der Waals surface area contributed by atoms with Gasteiger partial charge in [0.1, 0.15) is 10.6 Å². The lowest BCUT2D eigenvalue weighted by atomic mass is 10.0. The van der Waals surface area contributed by atoms with Crippen LogP contribution in [0.2, 0.25) is 0 Å². The van der Waals surface area contributed by atoms with Crippen LogP contribution in [0.4, 0.5) is 5.00 Å². The molecule has 2 heterocycles. The van der Waals surface area contributed by atoms with Gasteiger partial charge < -0.3 is 24.5 Å². The van der Waals surface area contributed by atoms with Crippen molar-refractivity contribution in [2.45, 2.75) is 13.3 Å². The monoisotopic (exact) mass is 470 g/mol. The van der Waals surface area contributed by atoms with Crippen molar-refractivity contribution < 1.29 is 33.1 Å². The Morgan fingerprint density at radius 3 is 2.52 bits per heavy atom. The first-order valence-corrected chi connectivity index (χ1v) is 11.0. The number of anilines is 1. The van der Waals surface area contributed by atoms with Gasteiger partial charge in [0.15, 0.2) is 12.4 Å². The molecule has 2 amide bonds. The molecule has 172 valence electrons. The van der Waals surface area contributed by atoms with E-state index in [2.05, 4.69) is 10.6 Å². The zero-order chi connectivity index (χ0) is 23.6. The maximum absolute atomic E-state index is 12.5. The molecule has 0 aliphatic rings. The summed E-state index contributed by atoms with van der Waals surface area (Å²) in [6.45, 7) is 1.37. The molecule has 10 heteroatoms. The lowest BCUT2D eigenvalue weighted by Gasteiger charge is -2.09. The van der Waals surface area contributed by atoms with E-state index in [1.165, 1.54) is 23.7 Å². The van der Waals surface area contributed by atoms with Crippen molar-refractivity contribution in [2.24, 2.45) is 0 Å². The minimum absolute atomic E-state index is 0.0261. The van der Waals surface area contributed by atoms with Crippen LogP contribution in [-0.4, -0.2) is 43.5 Å². The van der Waals surface area contributed by atoms with E-state index >= 15 is 0 Å². The van der Waals surface area contributed by atoms with Crippen molar-refractivity contribution in [3.63, 3.8) is 0 Å². The van der Waals surface area contributed by atoms with Crippen molar-refractivity contribution in [1.29, 1.82) is 0 Å². The average molecular weight is 471 g/mol. The lowest BCUT2D eigenvalue weighted by molar-refractivity contribution is -0.147. The summed E-state index contributed by atoms with van der Waals surface area (Å²) in [5.74, 6) is -2.14. The molecule has 3 aromatic rings. The molecule has 2 N–H and O–H groups in total. The average Bonchev–Trinajstić information content (AvgIpc) is 3.49. The predicted octanol–water partition coefficient (Wildman–Crippen LogP) is 3.49. The zero-order valence-corrected chi connectivity index (χ0v) is 18.6. The summed E-state index contributed by atoms with van der Waals surface area (Å²) in [6.07, 6.45) is 1.25. The van der Waals surface area contributed by atoms with Gasteiger partial charge in [0.05, 0.1) is 19.3 Å². The van der Waals surface area contributed by atoms with Gasteiger partial charge in [0, 0.05) is 17.5 Å². The molecule has 0 spiro atoms. The molecule has 1 aromatic carbocycles. The number of hydrogen-bond acceptors (Lipinski definition) is 8. The molecule has 3 rings (SSSR count). The molecule has 0 aliphatic heterocycles. The number of esters is 2. The molecule has 0 saturated carbocycles. The Bertz CT molecular complexity index is 1110. The third-order valence-corrected chi connectivity index (χ3v) is 5.23. The minimum atomic E-state index is -0.660. The second-order valence-corrected chi connectivity index (χ2v) is 7.51. The van der Waals surface area contributed by atoms with Crippen LogP contribution in [0.15, 0.2) is 58.5 Å². The highest BCUT2D eigenvalue weighted by Gasteiger charge is 2.23. The van der Waals surface area contributed by atoms with Crippen molar-refractivity contribution in [3.05, 3.63) is 65.4 Å². The number of rotatable bonds is 10. The van der Waals surface area contributed by atoms with Crippen LogP contribution in [0.5, 0.6) is 0 Å². The number of nitrogens with one attached hydrogen (secondary N) is 2. The largest absolute Gasteiger partial charge is 0.462 e. The number of thiophene rings is 1. The second-order valence-electron chi connectivity index (χ2n) is 6.63. The number of furan rings is 1. The van der Waals surface area contributed by atoms with E-state index in [0.717, 1.165) is 5.56 Å². The van der Waals surface area contributed by atoms with Crippen molar-refractivity contribution in [1.82, 2.24) is 5.32 Å². The van der Waals surface area contributed by atoms with E-state index < -0.39 is 30.4 Å². The fraction of sp³-hybridized carbons (Fsp3) is 0.217. The molecule has 0 atom stereocenters. The van der Waals surface area contributed by atoms with E-state index in [0.29, 0.717) is 10.6 Å². The van der Waals surface area contributed by atoms with Crippen LogP contribution in [-0.2, 0) is 19.1 Å². The molecule has 0 aliphatic carbocycles. The molecular formula is C23H22N2O7S. The number of carbonyl (C=O) groups excluding carboxylic acids is 4. The molecule has 0 saturated heterocycles. The summed E-state index contributed by atoms with van der Waals surface area (Å²) >= 11 is 1.17. The highest BCUT2D eigenvalue weighted by Crippen LogP contribution is 2.36. The van der Waals surface area contributed by atoms with Gasteiger partial charge >= 0.3 is 11.9 Å². The van der Waals surface area contributed by atoms with Gasteiger partial charge in [-0.2, -0.15) is 0 Å². The third kappa shape index (κ3) is 6.53. The highest BCUT2D eigenvalue weighted by atomic mass is 32.1. The maximum Gasteiger partial charge on any atom is 0.341 e. The Morgan fingerprint density at radius 1 is 1.03 bits per heavy atom. The van der Waals surface area contributed by atoms with Crippen molar-refractivity contribution in [3.8, 4) is 11.1 Å². The van der Waals surface area contributed by atoms with Crippen LogP contribution in [0.25, 0.3) is 11.1 Å².